The van der Waals surface area contributed by atoms with E-state index in [-0.39, 0.29) is 11.9 Å². The number of carbonyl (C=O) groups is 1. The Balaban J connectivity index is 1.30. The molecule has 1 unspecified atom stereocenters. The number of benzene rings is 1. The average molecular weight is 350 g/mol. The Labute approximate surface area is 154 Å². The number of fused-ring (bicyclic) bond motifs is 1. The fraction of sp³-hybridized carbons (Fsp3) is 0.429. The van der Waals surface area contributed by atoms with Gasteiger partial charge in [0.2, 0.25) is 5.91 Å². The number of hydrogen-bond donors (Lipinski definition) is 1. The zero-order valence-corrected chi connectivity index (χ0v) is 15.1. The van der Waals surface area contributed by atoms with Crippen LogP contribution in [0.3, 0.4) is 0 Å². The molecule has 4 rings (SSSR count). The zero-order valence-electron chi connectivity index (χ0n) is 15.1. The van der Waals surface area contributed by atoms with E-state index in [9.17, 15) is 4.79 Å². The number of nitrogens with zero attached hydrogens (tertiary/aromatic N) is 3. The largest absolute Gasteiger partial charge is 0.354 e. The summed E-state index contributed by atoms with van der Waals surface area (Å²) < 4.78 is 2.19. The van der Waals surface area contributed by atoms with E-state index in [1.54, 1.807) is 0 Å². The summed E-state index contributed by atoms with van der Waals surface area (Å²) in [6.07, 6.45) is 10.1. The monoisotopic (exact) mass is 350 g/mol. The Morgan fingerprint density at radius 3 is 2.81 bits per heavy atom. The van der Waals surface area contributed by atoms with Crippen LogP contribution in [0.2, 0.25) is 0 Å². The van der Waals surface area contributed by atoms with Crippen molar-refractivity contribution in [1.29, 1.82) is 0 Å². The number of unbranched alkanes of at least 4 members (excludes halogenated alkanes) is 2. The van der Waals surface area contributed by atoms with Gasteiger partial charge in [-0.3, -0.25) is 4.79 Å². The summed E-state index contributed by atoms with van der Waals surface area (Å²) in [4.78, 5) is 22.9. The number of aromatic nitrogens is 3. The second-order valence-electron chi connectivity index (χ2n) is 7.12. The lowest BCUT2D eigenvalue weighted by Gasteiger charge is -2.23. The van der Waals surface area contributed by atoms with Gasteiger partial charge in [0.1, 0.15) is 5.82 Å². The Kier molecular flexibility index (Phi) is 5.04. The quantitative estimate of drug-likeness (QED) is 0.646. The third kappa shape index (κ3) is 3.66. The number of likely N-dealkylation sites (tertiary alicyclic amines) is 1. The van der Waals surface area contributed by atoms with E-state index in [0.717, 1.165) is 62.1 Å². The highest BCUT2D eigenvalue weighted by atomic mass is 16.2. The molecule has 1 aliphatic heterocycles. The molecule has 1 amide bonds. The fourth-order valence-electron chi connectivity index (χ4n) is 3.89. The maximum Gasteiger partial charge on any atom is 0.223 e. The number of aryl methyl sites for hydroxylation is 1. The van der Waals surface area contributed by atoms with Crippen LogP contribution in [0.15, 0.2) is 48.8 Å². The number of amides is 1. The normalized spacial score (nSPS) is 17.2. The van der Waals surface area contributed by atoms with E-state index in [1.807, 2.05) is 29.2 Å². The lowest BCUT2D eigenvalue weighted by Crippen LogP contribution is -2.30. The highest BCUT2D eigenvalue weighted by molar-refractivity contribution is 5.78. The summed E-state index contributed by atoms with van der Waals surface area (Å²) in [5.41, 5.74) is 2.03. The summed E-state index contributed by atoms with van der Waals surface area (Å²) >= 11 is 0. The predicted octanol–water partition coefficient (Wildman–Crippen LogP) is 4.29. The van der Waals surface area contributed by atoms with Crippen molar-refractivity contribution in [2.24, 2.45) is 0 Å². The molecule has 3 heterocycles. The lowest BCUT2D eigenvalue weighted by molar-refractivity contribution is -0.132. The average Bonchev–Trinajstić information content (AvgIpc) is 3.39. The van der Waals surface area contributed by atoms with Crippen LogP contribution in [0.5, 0.6) is 0 Å². The molecule has 0 spiro atoms. The first-order valence-corrected chi connectivity index (χ1v) is 9.66. The Morgan fingerprint density at radius 1 is 1.12 bits per heavy atom. The van der Waals surface area contributed by atoms with Gasteiger partial charge in [-0.15, -0.1) is 0 Å². The Bertz CT molecular complexity index is 819. The van der Waals surface area contributed by atoms with E-state index >= 15 is 0 Å². The van der Waals surface area contributed by atoms with Crippen molar-refractivity contribution >= 4 is 16.9 Å². The number of hydrogen-bond acceptors (Lipinski definition) is 2. The third-order valence-electron chi connectivity index (χ3n) is 5.27. The third-order valence-corrected chi connectivity index (χ3v) is 5.27. The van der Waals surface area contributed by atoms with E-state index in [2.05, 4.69) is 34.1 Å². The topological polar surface area (TPSA) is 53.9 Å². The van der Waals surface area contributed by atoms with Crippen molar-refractivity contribution in [3.8, 4) is 0 Å². The predicted molar refractivity (Wildman–Crippen MR) is 103 cm³/mol. The summed E-state index contributed by atoms with van der Waals surface area (Å²) in [7, 11) is 0. The van der Waals surface area contributed by atoms with Crippen molar-refractivity contribution in [1.82, 2.24) is 19.4 Å². The highest BCUT2D eigenvalue weighted by Crippen LogP contribution is 2.32. The van der Waals surface area contributed by atoms with Gasteiger partial charge in [-0.05, 0) is 49.9 Å². The molecule has 1 aromatic carbocycles. The first-order valence-electron chi connectivity index (χ1n) is 9.66. The van der Waals surface area contributed by atoms with Crippen LogP contribution in [0.4, 0.5) is 0 Å². The maximum atomic E-state index is 12.7. The molecule has 1 aliphatic rings. The first kappa shape index (κ1) is 16.9. The molecule has 0 aliphatic carbocycles. The van der Waals surface area contributed by atoms with Crippen LogP contribution in [-0.4, -0.2) is 31.9 Å². The van der Waals surface area contributed by atoms with Crippen LogP contribution in [0.1, 0.15) is 50.4 Å². The number of carbonyl (C=O) groups excluding carboxylic acids is 1. The van der Waals surface area contributed by atoms with E-state index in [1.165, 1.54) is 0 Å². The van der Waals surface area contributed by atoms with Gasteiger partial charge in [0, 0.05) is 31.9 Å². The zero-order chi connectivity index (χ0) is 17.8. The molecular weight excluding hydrogens is 324 g/mol. The van der Waals surface area contributed by atoms with Crippen LogP contribution in [0, 0.1) is 0 Å². The molecular formula is C21H26N4O. The molecule has 1 N–H and O–H groups in total. The van der Waals surface area contributed by atoms with Crippen molar-refractivity contribution in [2.75, 3.05) is 6.54 Å². The summed E-state index contributed by atoms with van der Waals surface area (Å²) in [5.74, 6) is 1.21. The van der Waals surface area contributed by atoms with Crippen LogP contribution >= 0.6 is 0 Å². The Hall–Kier alpha value is -2.56. The molecule has 26 heavy (non-hydrogen) atoms. The standard InChI is InChI=1S/C21H26N4O/c26-20(12-2-1-5-13-24-14-6-7-15-24)25-16-8-11-19(25)21-22-17-9-3-4-10-18(17)23-21/h3-4,6-7,9-10,14-15,19H,1-2,5,8,11-13,16H2,(H,22,23). The molecule has 0 saturated carbocycles. The second-order valence-corrected chi connectivity index (χ2v) is 7.12. The summed E-state index contributed by atoms with van der Waals surface area (Å²) in [5, 5.41) is 0. The fourth-order valence-corrected chi connectivity index (χ4v) is 3.89. The van der Waals surface area contributed by atoms with Crippen molar-refractivity contribution in [2.45, 2.75) is 51.1 Å². The lowest BCUT2D eigenvalue weighted by atomic mass is 10.1. The molecule has 136 valence electrons. The van der Waals surface area contributed by atoms with Crippen molar-refractivity contribution in [3.05, 3.63) is 54.6 Å². The minimum absolute atomic E-state index is 0.106. The van der Waals surface area contributed by atoms with Crippen molar-refractivity contribution in [3.63, 3.8) is 0 Å². The minimum atomic E-state index is 0.106. The molecule has 5 heteroatoms. The number of H-pyrrole nitrogens is 1. The van der Waals surface area contributed by atoms with Gasteiger partial charge in [0.05, 0.1) is 17.1 Å². The minimum Gasteiger partial charge on any atom is -0.354 e. The van der Waals surface area contributed by atoms with E-state index in [0.29, 0.717) is 6.42 Å². The number of para-hydroxylation sites is 2. The van der Waals surface area contributed by atoms with Crippen LogP contribution in [-0.2, 0) is 11.3 Å². The Morgan fingerprint density at radius 2 is 1.96 bits per heavy atom. The summed E-state index contributed by atoms with van der Waals surface area (Å²) in [6.45, 7) is 1.89. The second kappa shape index (κ2) is 7.77. The molecule has 1 atom stereocenters. The number of imidazole rings is 1. The molecule has 0 bridgehead atoms. The molecule has 2 aromatic heterocycles. The summed E-state index contributed by atoms with van der Waals surface area (Å²) in [6, 6.07) is 12.3. The van der Waals surface area contributed by atoms with Crippen LogP contribution < -0.4 is 0 Å². The number of rotatable bonds is 7. The highest BCUT2D eigenvalue weighted by Gasteiger charge is 2.31. The van der Waals surface area contributed by atoms with E-state index < -0.39 is 0 Å². The van der Waals surface area contributed by atoms with Crippen molar-refractivity contribution < 1.29 is 4.79 Å². The molecule has 0 radical (unpaired) electrons. The smallest absolute Gasteiger partial charge is 0.223 e. The van der Waals surface area contributed by atoms with Crippen LogP contribution in [0.25, 0.3) is 11.0 Å². The number of aromatic amines is 1. The van der Waals surface area contributed by atoms with Gasteiger partial charge in [-0.1, -0.05) is 18.6 Å². The number of nitrogens with one attached hydrogen (secondary N) is 1. The van der Waals surface area contributed by atoms with Gasteiger partial charge in [0.25, 0.3) is 0 Å². The molecule has 1 fully saturated rings. The van der Waals surface area contributed by atoms with Gasteiger partial charge in [-0.2, -0.15) is 0 Å². The molecule has 3 aromatic rings. The van der Waals surface area contributed by atoms with Gasteiger partial charge in [0.15, 0.2) is 0 Å². The van der Waals surface area contributed by atoms with Gasteiger partial charge < -0.3 is 14.5 Å². The molecule has 1 saturated heterocycles. The maximum absolute atomic E-state index is 12.7. The molecule has 5 nitrogen and oxygen atoms in total. The van der Waals surface area contributed by atoms with Gasteiger partial charge >= 0.3 is 0 Å². The van der Waals surface area contributed by atoms with E-state index in [4.69, 9.17) is 4.98 Å². The van der Waals surface area contributed by atoms with Gasteiger partial charge in [-0.25, -0.2) is 4.98 Å². The SMILES string of the molecule is O=C(CCCCCn1cccc1)N1CCCC1c1nc2ccccc2[nH]1. The first-order chi connectivity index (χ1) is 12.8.